The van der Waals surface area contributed by atoms with Crippen molar-refractivity contribution in [3.8, 4) is 17.1 Å². The van der Waals surface area contributed by atoms with Crippen LogP contribution in [0.1, 0.15) is 27.3 Å². The largest absolute Gasteiger partial charge is 0.319 e. The van der Waals surface area contributed by atoms with Gasteiger partial charge in [-0.3, -0.25) is 4.79 Å². The first-order chi connectivity index (χ1) is 14.4. The van der Waals surface area contributed by atoms with Crippen LogP contribution in [0.4, 0.5) is 5.69 Å². The molecule has 0 aliphatic heterocycles. The minimum absolute atomic E-state index is 0.120. The molecule has 0 aliphatic rings. The predicted octanol–water partition coefficient (Wildman–Crippen LogP) is 5.87. The molecule has 1 N–H and O–H groups in total. The second-order valence-corrected chi connectivity index (χ2v) is 8.13. The predicted molar refractivity (Wildman–Crippen MR) is 123 cm³/mol. The van der Waals surface area contributed by atoms with Gasteiger partial charge in [-0.1, -0.05) is 52.3 Å². The summed E-state index contributed by atoms with van der Waals surface area (Å²) in [7, 11) is 0. The van der Waals surface area contributed by atoms with Gasteiger partial charge in [0.15, 0.2) is 5.82 Å². The van der Waals surface area contributed by atoms with E-state index in [-0.39, 0.29) is 11.7 Å². The Morgan fingerprint density at radius 3 is 2.33 bits per heavy atom. The molecule has 0 bridgehead atoms. The van der Waals surface area contributed by atoms with Crippen molar-refractivity contribution in [1.29, 1.82) is 0 Å². The molecule has 0 atom stereocenters. The first-order valence-electron chi connectivity index (χ1n) is 9.60. The van der Waals surface area contributed by atoms with Crippen molar-refractivity contribution in [2.24, 2.45) is 0 Å². The minimum atomic E-state index is -0.344. The lowest BCUT2D eigenvalue weighted by atomic mass is 10.1. The van der Waals surface area contributed by atoms with Gasteiger partial charge in [0.25, 0.3) is 5.91 Å². The van der Waals surface area contributed by atoms with E-state index in [1.807, 2.05) is 87.5 Å². The Morgan fingerprint density at radius 1 is 0.900 bits per heavy atom. The summed E-state index contributed by atoms with van der Waals surface area (Å²) in [5, 5.41) is 7.47. The monoisotopic (exact) mass is 460 g/mol. The maximum atomic E-state index is 12.9. The van der Waals surface area contributed by atoms with Crippen molar-refractivity contribution in [3.05, 3.63) is 93.7 Å². The molecular weight excluding hydrogens is 440 g/mol. The van der Waals surface area contributed by atoms with E-state index in [0.29, 0.717) is 5.82 Å². The van der Waals surface area contributed by atoms with Gasteiger partial charge in [-0.15, -0.1) is 5.10 Å². The van der Waals surface area contributed by atoms with Crippen LogP contribution in [0.2, 0.25) is 0 Å². The third-order valence-electron chi connectivity index (χ3n) is 5.02. The van der Waals surface area contributed by atoms with Crippen LogP contribution in [0.25, 0.3) is 17.1 Å². The molecule has 0 spiro atoms. The van der Waals surface area contributed by atoms with E-state index < -0.39 is 0 Å². The van der Waals surface area contributed by atoms with E-state index in [2.05, 4.69) is 31.3 Å². The van der Waals surface area contributed by atoms with Crippen LogP contribution in [-0.4, -0.2) is 20.7 Å². The summed E-state index contributed by atoms with van der Waals surface area (Å²) < 4.78 is 2.70. The lowest BCUT2D eigenvalue weighted by molar-refractivity contribution is 0.101. The molecule has 4 aromatic rings. The average Bonchev–Trinajstić information content (AvgIpc) is 3.17. The number of hydrogen-bond donors (Lipinski definition) is 1. The number of aromatic nitrogens is 3. The van der Waals surface area contributed by atoms with Gasteiger partial charge in [-0.2, -0.15) is 0 Å². The average molecular weight is 461 g/mol. The summed E-state index contributed by atoms with van der Waals surface area (Å²) in [6.07, 6.45) is 0. The van der Waals surface area contributed by atoms with Gasteiger partial charge in [0, 0.05) is 15.7 Å². The molecule has 150 valence electrons. The van der Waals surface area contributed by atoms with Gasteiger partial charge in [-0.05, 0) is 67.8 Å². The SMILES string of the molecule is Cc1ccc(NC(=O)c2nc(-c3ccc(Br)cc3)n(-c3ccccc3C)n2)cc1C. The zero-order chi connectivity index (χ0) is 21.3. The van der Waals surface area contributed by atoms with Crippen LogP contribution < -0.4 is 5.32 Å². The number of aryl methyl sites for hydroxylation is 3. The summed E-state index contributed by atoms with van der Waals surface area (Å²) >= 11 is 3.46. The molecule has 0 radical (unpaired) electrons. The highest BCUT2D eigenvalue weighted by Gasteiger charge is 2.20. The molecule has 3 aromatic carbocycles. The van der Waals surface area contributed by atoms with Crippen LogP contribution in [0.5, 0.6) is 0 Å². The molecule has 30 heavy (non-hydrogen) atoms. The van der Waals surface area contributed by atoms with Gasteiger partial charge in [0.1, 0.15) is 0 Å². The summed E-state index contributed by atoms with van der Waals surface area (Å²) in [6.45, 7) is 6.07. The van der Waals surface area contributed by atoms with E-state index in [1.165, 1.54) is 5.56 Å². The molecular formula is C24H21BrN4O. The number of carbonyl (C=O) groups excluding carboxylic acids is 1. The van der Waals surface area contributed by atoms with Crippen molar-refractivity contribution < 1.29 is 4.79 Å². The summed E-state index contributed by atoms with van der Waals surface area (Å²) in [4.78, 5) is 17.5. The summed E-state index contributed by atoms with van der Waals surface area (Å²) in [5.74, 6) is 0.389. The number of carbonyl (C=O) groups is 1. The Labute approximate surface area is 183 Å². The van der Waals surface area contributed by atoms with Crippen molar-refractivity contribution in [3.63, 3.8) is 0 Å². The van der Waals surface area contributed by atoms with Crippen molar-refractivity contribution in [2.75, 3.05) is 5.32 Å². The fraction of sp³-hybridized carbons (Fsp3) is 0.125. The number of rotatable bonds is 4. The van der Waals surface area contributed by atoms with Crippen molar-refractivity contribution >= 4 is 27.5 Å². The van der Waals surface area contributed by atoms with E-state index in [4.69, 9.17) is 0 Å². The molecule has 4 rings (SSSR count). The highest BCUT2D eigenvalue weighted by atomic mass is 79.9. The van der Waals surface area contributed by atoms with Gasteiger partial charge in [0.05, 0.1) is 5.69 Å². The van der Waals surface area contributed by atoms with Crippen molar-refractivity contribution in [1.82, 2.24) is 14.8 Å². The van der Waals surface area contributed by atoms with Crippen LogP contribution in [-0.2, 0) is 0 Å². The first-order valence-corrected chi connectivity index (χ1v) is 10.4. The van der Waals surface area contributed by atoms with Gasteiger partial charge < -0.3 is 5.32 Å². The molecule has 0 saturated heterocycles. The summed E-state index contributed by atoms with van der Waals surface area (Å²) in [6, 6.07) is 21.5. The molecule has 0 fully saturated rings. The number of hydrogen-bond acceptors (Lipinski definition) is 3. The standard InChI is InChI=1S/C24H21BrN4O/c1-15-8-13-20(14-17(15)3)26-24(30)22-27-23(18-9-11-19(25)12-10-18)29(28-22)21-7-5-4-6-16(21)2/h4-14H,1-3H3,(H,26,30). The third kappa shape index (κ3) is 4.04. The van der Waals surface area contributed by atoms with E-state index in [1.54, 1.807) is 4.68 Å². The van der Waals surface area contributed by atoms with E-state index >= 15 is 0 Å². The van der Waals surface area contributed by atoms with E-state index in [0.717, 1.165) is 32.5 Å². The number of benzene rings is 3. The van der Waals surface area contributed by atoms with Crippen LogP contribution in [0, 0.1) is 20.8 Å². The normalized spacial score (nSPS) is 10.8. The Hall–Kier alpha value is -3.25. The van der Waals surface area contributed by atoms with Gasteiger partial charge >= 0.3 is 0 Å². The summed E-state index contributed by atoms with van der Waals surface area (Å²) in [5.41, 5.74) is 5.81. The quantitative estimate of drug-likeness (QED) is 0.413. The smallest absolute Gasteiger partial charge is 0.295 e. The minimum Gasteiger partial charge on any atom is -0.319 e. The van der Waals surface area contributed by atoms with E-state index in [9.17, 15) is 4.79 Å². The van der Waals surface area contributed by atoms with Gasteiger partial charge in [0.2, 0.25) is 5.82 Å². The fourth-order valence-electron chi connectivity index (χ4n) is 3.17. The molecule has 5 nitrogen and oxygen atoms in total. The number of para-hydroxylation sites is 1. The molecule has 1 heterocycles. The number of amides is 1. The molecule has 1 amide bonds. The highest BCUT2D eigenvalue weighted by molar-refractivity contribution is 9.10. The Balaban J connectivity index is 1.76. The number of halogens is 1. The maximum Gasteiger partial charge on any atom is 0.295 e. The molecule has 6 heteroatoms. The Bertz CT molecular complexity index is 1230. The second kappa shape index (κ2) is 8.24. The lowest BCUT2D eigenvalue weighted by Crippen LogP contribution is -2.14. The second-order valence-electron chi connectivity index (χ2n) is 7.22. The zero-order valence-corrected chi connectivity index (χ0v) is 18.6. The Morgan fingerprint density at radius 2 is 1.63 bits per heavy atom. The third-order valence-corrected chi connectivity index (χ3v) is 5.55. The topological polar surface area (TPSA) is 59.8 Å². The lowest BCUT2D eigenvalue weighted by Gasteiger charge is -2.08. The molecule has 1 aromatic heterocycles. The Kier molecular flexibility index (Phi) is 5.50. The highest BCUT2D eigenvalue weighted by Crippen LogP contribution is 2.25. The first kappa shape index (κ1) is 20.0. The fourth-order valence-corrected chi connectivity index (χ4v) is 3.43. The molecule has 0 saturated carbocycles. The number of nitrogens with zero attached hydrogens (tertiary/aromatic N) is 3. The van der Waals surface area contributed by atoms with Crippen molar-refractivity contribution in [2.45, 2.75) is 20.8 Å². The van der Waals surface area contributed by atoms with Crippen LogP contribution in [0.15, 0.2) is 71.2 Å². The number of nitrogens with one attached hydrogen (secondary N) is 1. The number of anilines is 1. The zero-order valence-electron chi connectivity index (χ0n) is 17.0. The van der Waals surface area contributed by atoms with Crippen LogP contribution in [0.3, 0.4) is 0 Å². The maximum absolute atomic E-state index is 12.9. The molecule has 0 unspecified atom stereocenters. The van der Waals surface area contributed by atoms with Gasteiger partial charge in [-0.25, -0.2) is 9.67 Å². The molecule has 0 aliphatic carbocycles. The van der Waals surface area contributed by atoms with Crippen LogP contribution >= 0.6 is 15.9 Å².